The van der Waals surface area contributed by atoms with Crippen LogP contribution in [-0.2, 0) is 4.74 Å². The zero-order valence-electron chi connectivity index (χ0n) is 12.7. The number of likely N-dealkylation sites (N-methyl/N-ethyl adjacent to an activating group) is 1. The van der Waals surface area contributed by atoms with Gasteiger partial charge in [-0.2, -0.15) is 0 Å². The highest BCUT2D eigenvalue weighted by Gasteiger charge is 2.47. The van der Waals surface area contributed by atoms with E-state index in [0.717, 1.165) is 18.5 Å². The molecule has 7 heteroatoms. The van der Waals surface area contributed by atoms with Crippen molar-refractivity contribution >= 4 is 17.9 Å². The van der Waals surface area contributed by atoms with E-state index in [4.69, 9.17) is 4.74 Å². The van der Waals surface area contributed by atoms with E-state index in [1.54, 1.807) is 24.1 Å². The third-order valence-electron chi connectivity index (χ3n) is 4.22. The summed E-state index contributed by atoms with van der Waals surface area (Å²) in [5.74, 6) is -0.542. The molecule has 118 valence electrons. The van der Waals surface area contributed by atoms with Crippen LogP contribution in [0.3, 0.4) is 0 Å². The maximum atomic E-state index is 11.7. The second-order valence-electron chi connectivity index (χ2n) is 6.06. The van der Waals surface area contributed by atoms with Crippen molar-refractivity contribution in [3.05, 3.63) is 23.4 Å². The molecule has 3 heterocycles. The Bertz CT molecular complexity index is 633. The maximum Gasteiger partial charge on any atom is 0.410 e. The molecule has 7 nitrogen and oxygen atoms in total. The number of anilines is 1. The largest absolute Gasteiger partial charge is 0.478 e. The highest BCUT2D eigenvalue weighted by molar-refractivity contribution is 5.93. The van der Waals surface area contributed by atoms with Crippen LogP contribution in [0.1, 0.15) is 28.9 Å². The van der Waals surface area contributed by atoms with Crippen molar-refractivity contribution in [2.45, 2.75) is 25.4 Å². The molecule has 1 N–H and O–H groups in total. The summed E-state index contributed by atoms with van der Waals surface area (Å²) in [6, 6.07) is 3.27. The number of hydrogen-bond acceptors (Lipinski definition) is 5. The zero-order chi connectivity index (χ0) is 15.9. The topological polar surface area (TPSA) is 83.0 Å². The number of hydrogen-bond donors (Lipinski definition) is 1. The standard InChI is InChI=1S/C15H19N3O4/c1-10-4-5-11(13(19)20)12(16-10)18-7-3-6-15(9-18)8-17(2)14(21)22-15/h4-5H,3,6-9H2,1-2H3,(H,19,20)/t15-/m0/s1. The molecule has 0 aliphatic carbocycles. The van der Waals surface area contributed by atoms with Gasteiger partial charge in [-0.15, -0.1) is 0 Å². The predicted octanol–water partition coefficient (Wildman–Crippen LogP) is 1.51. The smallest absolute Gasteiger partial charge is 0.410 e. The van der Waals surface area contributed by atoms with Gasteiger partial charge in [-0.3, -0.25) is 0 Å². The summed E-state index contributed by atoms with van der Waals surface area (Å²) in [7, 11) is 1.71. The Morgan fingerprint density at radius 1 is 1.41 bits per heavy atom. The van der Waals surface area contributed by atoms with Crippen molar-refractivity contribution in [2.75, 3.05) is 31.6 Å². The van der Waals surface area contributed by atoms with Crippen molar-refractivity contribution in [3.63, 3.8) is 0 Å². The number of carbonyl (C=O) groups is 2. The van der Waals surface area contributed by atoms with Crippen LogP contribution in [-0.4, -0.2) is 59.3 Å². The molecule has 1 atom stereocenters. The Morgan fingerprint density at radius 2 is 2.18 bits per heavy atom. The lowest BCUT2D eigenvalue weighted by Crippen LogP contribution is -2.51. The zero-order valence-corrected chi connectivity index (χ0v) is 12.7. The Labute approximate surface area is 128 Å². The molecule has 0 radical (unpaired) electrons. The minimum Gasteiger partial charge on any atom is -0.478 e. The van der Waals surface area contributed by atoms with Crippen molar-refractivity contribution in [3.8, 4) is 0 Å². The fraction of sp³-hybridized carbons (Fsp3) is 0.533. The molecule has 0 saturated carbocycles. The number of piperidine rings is 1. The summed E-state index contributed by atoms with van der Waals surface area (Å²) in [5, 5.41) is 9.37. The molecule has 2 saturated heterocycles. The SMILES string of the molecule is Cc1ccc(C(=O)O)c(N2CCC[C@]3(CN(C)C(=O)O3)C2)n1. The normalized spacial score (nSPS) is 24.7. The van der Waals surface area contributed by atoms with E-state index in [2.05, 4.69) is 4.98 Å². The molecule has 1 spiro atoms. The number of carboxylic acid groups (broad SMARTS) is 1. The van der Waals surface area contributed by atoms with Crippen LogP contribution in [0.25, 0.3) is 0 Å². The molecular weight excluding hydrogens is 286 g/mol. The fourth-order valence-corrected chi connectivity index (χ4v) is 3.23. The monoisotopic (exact) mass is 305 g/mol. The summed E-state index contributed by atoms with van der Waals surface area (Å²) in [6.07, 6.45) is 1.29. The average Bonchev–Trinajstić information content (AvgIpc) is 2.72. The van der Waals surface area contributed by atoms with Gasteiger partial charge in [0.2, 0.25) is 0 Å². The molecule has 3 rings (SSSR count). The summed E-state index contributed by atoms with van der Waals surface area (Å²) in [4.78, 5) is 31.0. The van der Waals surface area contributed by atoms with Gasteiger partial charge in [0.1, 0.15) is 17.0 Å². The number of pyridine rings is 1. The molecule has 2 fully saturated rings. The Balaban J connectivity index is 1.91. The first-order valence-electron chi connectivity index (χ1n) is 7.30. The van der Waals surface area contributed by atoms with Crippen LogP contribution >= 0.6 is 0 Å². The van der Waals surface area contributed by atoms with E-state index < -0.39 is 11.6 Å². The lowest BCUT2D eigenvalue weighted by molar-refractivity contribution is 0.0442. The van der Waals surface area contributed by atoms with Crippen molar-refractivity contribution in [2.24, 2.45) is 0 Å². The molecule has 0 aromatic carbocycles. The van der Waals surface area contributed by atoms with Crippen LogP contribution in [0.5, 0.6) is 0 Å². The van der Waals surface area contributed by atoms with Crippen LogP contribution in [0, 0.1) is 6.92 Å². The number of aryl methyl sites for hydroxylation is 1. The van der Waals surface area contributed by atoms with Gasteiger partial charge < -0.3 is 19.6 Å². The highest BCUT2D eigenvalue weighted by atomic mass is 16.6. The summed E-state index contributed by atoms with van der Waals surface area (Å²) < 4.78 is 5.55. The summed E-state index contributed by atoms with van der Waals surface area (Å²) >= 11 is 0. The van der Waals surface area contributed by atoms with Gasteiger partial charge >= 0.3 is 12.1 Å². The van der Waals surface area contributed by atoms with Gasteiger partial charge in [0, 0.05) is 19.3 Å². The van der Waals surface area contributed by atoms with Gasteiger partial charge in [-0.1, -0.05) is 0 Å². The summed E-state index contributed by atoms with van der Waals surface area (Å²) in [5.41, 5.74) is 0.381. The number of aromatic carboxylic acids is 1. The molecule has 2 aliphatic rings. The molecule has 1 aromatic heterocycles. The van der Waals surface area contributed by atoms with Crippen molar-refractivity contribution in [1.29, 1.82) is 0 Å². The first kappa shape index (κ1) is 14.6. The molecular formula is C15H19N3O4. The first-order chi connectivity index (χ1) is 10.4. The van der Waals surface area contributed by atoms with Gasteiger partial charge in [-0.25, -0.2) is 14.6 Å². The Hall–Kier alpha value is -2.31. The lowest BCUT2D eigenvalue weighted by atomic mass is 9.92. The number of carbonyl (C=O) groups excluding carboxylic acids is 1. The number of aromatic nitrogens is 1. The van der Waals surface area contributed by atoms with E-state index in [9.17, 15) is 14.7 Å². The average molecular weight is 305 g/mol. The van der Waals surface area contributed by atoms with Crippen molar-refractivity contribution in [1.82, 2.24) is 9.88 Å². The highest BCUT2D eigenvalue weighted by Crippen LogP contribution is 2.34. The first-order valence-corrected chi connectivity index (χ1v) is 7.30. The van der Waals surface area contributed by atoms with Crippen LogP contribution in [0.4, 0.5) is 10.6 Å². The van der Waals surface area contributed by atoms with E-state index in [-0.39, 0.29) is 11.7 Å². The Kier molecular flexibility index (Phi) is 3.42. The molecule has 1 amide bonds. The maximum absolute atomic E-state index is 11.7. The second-order valence-corrected chi connectivity index (χ2v) is 6.06. The number of nitrogens with zero attached hydrogens (tertiary/aromatic N) is 3. The fourth-order valence-electron chi connectivity index (χ4n) is 3.23. The number of rotatable bonds is 2. The summed E-state index contributed by atoms with van der Waals surface area (Å²) in [6.45, 7) is 3.54. The molecule has 22 heavy (non-hydrogen) atoms. The number of amides is 1. The third kappa shape index (κ3) is 2.47. The molecule has 1 aromatic rings. The van der Waals surface area contributed by atoms with Gasteiger partial charge in [-0.05, 0) is 31.9 Å². The lowest BCUT2D eigenvalue weighted by Gasteiger charge is -2.39. The van der Waals surface area contributed by atoms with Crippen LogP contribution in [0.2, 0.25) is 0 Å². The Morgan fingerprint density at radius 3 is 2.82 bits per heavy atom. The third-order valence-corrected chi connectivity index (χ3v) is 4.22. The quantitative estimate of drug-likeness (QED) is 0.891. The minimum absolute atomic E-state index is 0.181. The number of carboxylic acids is 1. The van der Waals surface area contributed by atoms with Gasteiger partial charge in [0.15, 0.2) is 0 Å². The van der Waals surface area contributed by atoms with E-state index >= 15 is 0 Å². The van der Waals surface area contributed by atoms with E-state index in [1.165, 1.54) is 0 Å². The number of ether oxygens (including phenoxy) is 1. The molecule has 0 unspecified atom stereocenters. The van der Waals surface area contributed by atoms with E-state index in [1.807, 2.05) is 11.8 Å². The molecule has 2 aliphatic heterocycles. The van der Waals surface area contributed by atoms with Crippen LogP contribution < -0.4 is 4.90 Å². The van der Waals surface area contributed by atoms with Crippen molar-refractivity contribution < 1.29 is 19.4 Å². The van der Waals surface area contributed by atoms with E-state index in [0.29, 0.717) is 25.5 Å². The van der Waals surface area contributed by atoms with Gasteiger partial charge in [0.05, 0.1) is 13.1 Å². The van der Waals surface area contributed by atoms with Crippen LogP contribution in [0.15, 0.2) is 12.1 Å². The van der Waals surface area contributed by atoms with Gasteiger partial charge in [0.25, 0.3) is 0 Å². The minimum atomic E-state index is -0.998. The second kappa shape index (κ2) is 5.15. The molecule has 0 bridgehead atoms. The predicted molar refractivity (Wildman–Crippen MR) is 79.2 cm³/mol.